The summed E-state index contributed by atoms with van der Waals surface area (Å²) in [6, 6.07) is 11.1. The van der Waals surface area contributed by atoms with Gasteiger partial charge in [-0.1, -0.05) is 18.2 Å². The Balaban J connectivity index is 1.67. The first kappa shape index (κ1) is 21.4. The van der Waals surface area contributed by atoms with Crippen LogP contribution >= 0.6 is 0 Å². The first-order valence-corrected chi connectivity index (χ1v) is 9.56. The quantitative estimate of drug-likeness (QED) is 0.614. The summed E-state index contributed by atoms with van der Waals surface area (Å²) in [5, 5.41) is 4.00. The maximum atomic E-state index is 13.5. The van der Waals surface area contributed by atoms with E-state index in [1.807, 2.05) is 0 Å². The molecule has 0 unspecified atom stereocenters. The first-order valence-electron chi connectivity index (χ1n) is 9.56. The van der Waals surface area contributed by atoms with Gasteiger partial charge in [0.15, 0.2) is 17.2 Å². The smallest absolute Gasteiger partial charge is 0.418 e. The van der Waals surface area contributed by atoms with Gasteiger partial charge in [-0.15, -0.1) is 0 Å². The first-order chi connectivity index (χ1) is 15.1. The number of hydrogen-bond acceptors (Lipinski definition) is 5. The summed E-state index contributed by atoms with van der Waals surface area (Å²) in [5.74, 6) is 0.419. The second-order valence-electron chi connectivity index (χ2n) is 7.27. The van der Waals surface area contributed by atoms with Crippen LogP contribution in [0.25, 0.3) is 5.69 Å². The Morgan fingerprint density at radius 3 is 2.59 bits per heavy atom. The summed E-state index contributed by atoms with van der Waals surface area (Å²) in [7, 11) is 1.47. The van der Waals surface area contributed by atoms with Crippen LogP contribution in [0.5, 0.6) is 11.5 Å². The molecule has 7 nitrogen and oxygen atoms in total. The van der Waals surface area contributed by atoms with Gasteiger partial charge in [-0.05, 0) is 36.8 Å². The van der Waals surface area contributed by atoms with Crippen molar-refractivity contribution in [3.8, 4) is 17.2 Å². The lowest BCUT2D eigenvalue weighted by Crippen LogP contribution is -2.33. The van der Waals surface area contributed by atoms with E-state index in [0.717, 1.165) is 22.4 Å². The molecular weight excluding hydrogens is 427 g/mol. The number of halogens is 3. The lowest BCUT2D eigenvalue weighted by molar-refractivity contribution is -0.137. The van der Waals surface area contributed by atoms with E-state index in [1.165, 1.54) is 37.1 Å². The van der Waals surface area contributed by atoms with Gasteiger partial charge in [-0.25, -0.2) is 4.68 Å². The molecule has 1 aliphatic heterocycles. The molecule has 1 amide bonds. The Kier molecular flexibility index (Phi) is 5.37. The third-order valence-electron chi connectivity index (χ3n) is 4.95. The molecule has 0 spiro atoms. The van der Waals surface area contributed by atoms with Crippen LogP contribution in [0.4, 0.5) is 13.2 Å². The zero-order valence-corrected chi connectivity index (χ0v) is 17.1. The SMILES string of the molecule is Cc1cc(=O)c(C(=O)N(C)Cc2ccc3c(c2)OCO3)nn1-c1ccccc1C(F)(F)F. The highest BCUT2D eigenvalue weighted by Crippen LogP contribution is 2.34. The van der Waals surface area contributed by atoms with Crippen LogP contribution in [-0.2, 0) is 12.7 Å². The van der Waals surface area contributed by atoms with Crippen molar-refractivity contribution in [2.75, 3.05) is 13.8 Å². The standard InChI is InChI=1S/C22H18F3N3O4/c1-13-9-17(29)20(26-28(13)16-6-4-3-5-15(16)22(23,24)25)21(30)27(2)11-14-7-8-18-19(10-14)32-12-31-18/h3-10H,11-12H2,1-2H3. The van der Waals surface area contributed by atoms with Gasteiger partial charge in [0.05, 0.1) is 11.3 Å². The zero-order chi connectivity index (χ0) is 23.0. The molecular formula is C22H18F3N3O4. The maximum Gasteiger partial charge on any atom is 0.418 e. The molecule has 32 heavy (non-hydrogen) atoms. The molecule has 0 radical (unpaired) electrons. The topological polar surface area (TPSA) is 73.7 Å². The number of hydrogen-bond donors (Lipinski definition) is 0. The summed E-state index contributed by atoms with van der Waals surface area (Å²) in [6.07, 6.45) is -4.63. The fourth-order valence-electron chi connectivity index (χ4n) is 3.40. The minimum absolute atomic E-state index is 0.111. The van der Waals surface area contributed by atoms with Gasteiger partial charge < -0.3 is 14.4 Å². The van der Waals surface area contributed by atoms with Crippen molar-refractivity contribution in [1.82, 2.24) is 14.7 Å². The van der Waals surface area contributed by atoms with Crippen LogP contribution in [0.2, 0.25) is 0 Å². The molecule has 0 atom stereocenters. The van der Waals surface area contributed by atoms with E-state index in [2.05, 4.69) is 5.10 Å². The predicted octanol–water partition coefficient (Wildman–Crippen LogP) is 3.56. The summed E-state index contributed by atoms with van der Waals surface area (Å²) >= 11 is 0. The van der Waals surface area contributed by atoms with Crippen LogP contribution in [0, 0.1) is 6.92 Å². The number of nitrogens with zero attached hydrogens (tertiary/aromatic N) is 3. The van der Waals surface area contributed by atoms with Gasteiger partial charge in [0.1, 0.15) is 0 Å². The van der Waals surface area contributed by atoms with E-state index in [1.54, 1.807) is 18.2 Å². The minimum atomic E-state index is -4.63. The van der Waals surface area contributed by atoms with Crippen molar-refractivity contribution in [3.05, 3.63) is 81.3 Å². The number of para-hydroxylation sites is 1. The average Bonchev–Trinajstić information content (AvgIpc) is 3.20. The highest BCUT2D eigenvalue weighted by Gasteiger charge is 2.34. The summed E-state index contributed by atoms with van der Waals surface area (Å²) < 4.78 is 52.0. The van der Waals surface area contributed by atoms with E-state index in [0.29, 0.717) is 11.5 Å². The molecule has 2 aromatic carbocycles. The summed E-state index contributed by atoms with van der Waals surface area (Å²) in [5.41, 5.74) is -1.46. The fraction of sp³-hybridized carbons (Fsp3) is 0.227. The second-order valence-corrected chi connectivity index (χ2v) is 7.27. The molecule has 0 bridgehead atoms. The van der Waals surface area contributed by atoms with Gasteiger partial charge in [0, 0.05) is 25.4 Å². The highest BCUT2D eigenvalue weighted by molar-refractivity contribution is 5.91. The lowest BCUT2D eigenvalue weighted by atomic mass is 10.1. The molecule has 0 saturated heterocycles. The van der Waals surface area contributed by atoms with Gasteiger partial charge in [0.2, 0.25) is 12.2 Å². The van der Waals surface area contributed by atoms with Gasteiger partial charge >= 0.3 is 6.18 Å². The van der Waals surface area contributed by atoms with Crippen molar-refractivity contribution in [2.45, 2.75) is 19.6 Å². The number of alkyl halides is 3. The van der Waals surface area contributed by atoms with Crippen LogP contribution in [0.3, 0.4) is 0 Å². The fourth-order valence-corrected chi connectivity index (χ4v) is 3.40. The number of fused-ring (bicyclic) bond motifs is 1. The molecule has 10 heteroatoms. The normalized spacial score (nSPS) is 12.7. The van der Waals surface area contributed by atoms with E-state index >= 15 is 0 Å². The maximum absolute atomic E-state index is 13.5. The van der Waals surface area contributed by atoms with Crippen LogP contribution in [-0.4, -0.2) is 34.4 Å². The van der Waals surface area contributed by atoms with E-state index in [4.69, 9.17) is 9.47 Å². The average molecular weight is 445 g/mol. The third kappa shape index (κ3) is 4.03. The van der Waals surface area contributed by atoms with E-state index in [9.17, 15) is 22.8 Å². The summed E-state index contributed by atoms with van der Waals surface area (Å²) in [6.45, 7) is 1.69. The molecule has 0 aliphatic carbocycles. The van der Waals surface area contributed by atoms with Crippen LogP contribution < -0.4 is 14.9 Å². The van der Waals surface area contributed by atoms with Crippen molar-refractivity contribution in [3.63, 3.8) is 0 Å². The van der Waals surface area contributed by atoms with E-state index < -0.39 is 28.8 Å². The third-order valence-corrected chi connectivity index (χ3v) is 4.95. The van der Waals surface area contributed by atoms with E-state index in [-0.39, 0.29) is 24.7 Å². The van der Waals surface area contributed by atoms with Gasteiger partial charge in [0.25, 0.3) is 5.91 Å². The Hall–Kier alpha value is -3.82. The number of ether oxygens (including phenoxy) is 2. The van der Waals surface area contributed by atoms with Crippen LogP contribution in [0.15, 0.2) is 53.3 Å². The van der Waals surface area contributed by atoms with Crippen molar-refractivity contribution < 1.29 is 27.4 Å². The number of rotatable bonds is 4. The molecule has 2 heterocycles. The number of carbonyl (C=O) groups excluding carboxylic acids is 1. The number of amides is 1. The zero-order valence-electron chi connectivity index (χ0n) is 17.1. The largest absolute Gasteiger partial charge is 0.454 e. The molecule has 4 rings (SSSR count). The van der Waals surface area contributed by atoms with Crippen molar-refractivity contribution in [2.24, 2.45) is 0 Å². The van der Waals surface area contributed by atoms with Gasteiger partial charge in [-0.3, -0.25) is 9.59 Å². The number of benzene rings is 2. The van der Waals surface area contributed by atoms with Gasteiger partial charge in [-0.2, -0.15) is 18.3 Å². The van der Waals surface area contributed by atoms with Crippen molar-refractivity contribution in [1.29, 1.82) is 0 Å². The second kappa shape index (κ2) is 8.03. The molecule has 0 fully saturated rings. The predicted molar refractivity (Wildman–Crippen MR) is 108 cm³/mol. The highest BCUT2D eigenvalue weighted by atomic mass is 19.4. The monoisotopic (exact) mass is 445 g/mol. The Morgan fingerprint density at radius 1 is 1.12 bits per heavy atom. The molecule has 3 aromatic rings. The number of aryl methyl sites for hydroxylation is 1. The minimum Gasteiger partial charge on any atom is -0.454 e. The Morgan fingerprint density at radius 2 is 1.84 bits per heavy atom. The van der Waals surface area contributed by atoms with Crippen molar-refractivity contribution >= 4 is 5.91 Å². The summed E-state index contributed by atoms with van der Waals surface area (Å²) in [4.78, 5) is 26.7. The molecule has 166 valence electrons. The van der Waals surface area contributed by atoms with Crippen LogP contribution in [0.1, 0.15) is 27.3 Å². The molecule has 0 saturated carbocycles. The lowest BCUT2D eigenvalue weighted by Gasteiger charge is -2.19. The number of carbonyl (C=O) groups is 1. The molecule has 1 aromatic heterocycles. The molecule has 0 N–H and O–H groups in total. The Bertz CT molecular complexity index is 1250. The molecule has 1 aliphatic rings. The number of aromatic nitrogens is 2. The Labute approximate surface area is 180 Å².